The molecule has 4 rings (SSSR count). The summed E-state index contributed by atoms with van der Waals surface area (Å²) >= 11 is 0. The van der Waals surface area contributed by atoms with E-state index in [-0.39, 0.29) is 11.8 Å². The second-order valence-corrected chi connectivity index (χ2v) is 10.7. The Morgan fingerprint density at radius 1 is 1.05 bits per heavy atom. The lowest BCUT2D eigenvalue weighted by molar-refractivity contribution is -0.148. The van der Waals surface area contributed by atoms with Crippen LogP contribution in [0.3, 0.4) is 0 Å². The number of amides is 2. The molecule has 2 aliphatic heterocycles. The van der Waals surface area contributed by atoms with Gasteiger partial charge in [-0.15, -0.1) is 0 Å². The molecule has 1 N–H and O–H groups in total. The largest absolute Gasteiger partial charge is 0.457 e. The van der Waals surface area contributed by atoms with Crippen molar-refractivity contribution in [2.75, 3.05) is 28.2 Å². The number of hydrogen-bond acceptors (Lipinski definition) is 6. The SMILES string of the molecule is CC(C)(C)OC(=O)/C=C1/CCN(c2cccc(C#N)c2)[C@H](C(=O)Nc2ccc(N3CCCCC3=O)cc2)C1. The van der Waals surface area contributed by atoms with E-state index in [4.69, 9.17) is 4.74 Å². The van der Waals surface area contributed by atoms with Crippen LogP contribution in [-0.4, -0.2) is 42.5 Å². The van der Waals surface area contributed by atoms with Crippen LogP contribution in [0, 0.1) is 11.3 Å². The van der Waals surface area contributed by atoms with E-state index in [0.29, 0.717) is 43.6 Å². The second-order valence-electron chi connectivity index (χ2n) is 10.7. The zero-order valence-corrected chi connectivity index (χ0v) is 22.2. The number of ether oxygens (including phenoxy) is 1. The second kappa shape index (κ2) is 11.5. The molecule has 0 unspecified atom stereocenters. The highest BCUT2D eigenvalue weighted by Crippen LogP contribution is 2.30. The maximum atomic E-state index is 13.6. The maximum absolute atomic E-state index is 13.6. The van der Waals surface area contributed by atoms with Crippen molar-refractivity contribution in [1.82, 2.24) is 0 Å². The van der Waals surface area contributed by atoms with E-state index >= 15 is 0 Å². The number of piperidine rings is 2. The minimum atomic E-state index is -0.603. The van der Waals surface area contributed by atoms with Gasteiger partial charge in [-0.25, -0.2) is 4.79 Å². The summed E-state index contributed by atoms with van der Waals surface area (Å²) in [5.74, 6) is -0.520. The fraction of sp³-hybridized carbons (Fsp3) is 0.400. The van der Waals surface area contributed by atoms with Gasteiger partial charge in [-0.05, 0) is 88.9 Å². The Kier molecular flexibility index (Phi) is 8.16. The number of esters is 1. The van der Waals surface area contributed by atoms with E-state index in [1.54, 1.807) is 35.2 Å². The molecule has 8 heteroatoms. The van der Waals surface area contributed by atoms with Gasteiger partial charge in [0, 0.05) is 42.6 Å². The van der Waals surface area contributed by atoms with Crippen molar-refractivity contribution >= 4 is 34.8 Å². The van der Waals surface area contributed by atoms with Crippen LogP contribution in [0.1, 0.15) is 58.4 Å². The molecule has 1 atom stereocenters. The fourth-order valence-electron chi connectivity index (χ4n) is 4.84. The molecule has 2 amide bonds. The highest BCUT2D eigenvalue weighted by atomic mass is 16.6. The number of nitriles is 1. The number of anilines is 3. The standard InChI is InChI=1S/C30H34N4O4/c1-30(2,3)38-28(36)19-21-14-16-33(25-8-6-7-22(17-25)20-31)26(18-21)29(37)32-23-10-12-24(13-11-23)34-15-5-4-9-27(34)35/h6-8,10-13,17,19,26H,4-5,9,14-16,18H2,1-3H3,(H,32,37)/b21-19-/t26-/m0/s1. The van der Waals surface area contributed by atoms with Crippen molar-refractivity contribution in [3.05, 3.63) is 65.7 Å². The molecule has 198 valence electrons. The van der Waals surface area contributed by atoms with Crippen LogP contribution >= 0.6 is 0 Å². The zero-order chi connectivity index (χ0) is 27.3. The van der Waals surface area contributed by atoms with Crippen LogP contribution in [0.15, 0.2) is 60.2 Å². The molecule has 0 spiro atoms. The first-order valence-electron chi connectivity index (χ1n) is 13.0. The summed E-state index contributed by atoms with van der Waals surface area (Å²) in [5.41, 5.74) is 2.97. The summed E-state index contributed by atoms with van der Waals surface area (Å²) in [6.07, 6.45) is 4.90. The third-order valence-corrected chi connectivity index (χ3v) is 6.61. The third kappa shape index (κ3) is 6.80. The number of carbonyl (C=O) groups is 3. The lowest BCUT2D eigenvalue weighted by atomic mass is 9.94. The molecule has 0 radical (unpaired) electrons. The van der Waals surface area contributed by atoms with E-state index in [9.17, 15) is 19.6 Å². The van der Waals surface area contributed by atoms with Crippen LogP contribution in [0.2, 0.25) is 0 Å². The average molecular weight is 515 g/mol. The number of nitrogens with zero attached hydrogens (tertiary/aromatic N) is 3. The molecule has 2 heterocycles. The normalized spacial score (nSPS) is 19.2. The molecule has 2 aromatic rings. The number of rotatable bonds is 5. The molecule has 38 heavy (non-hydrogen) atoms. The van der Waals surface area contributed by atoms with E-state index < -0.39 is 17.6 Å². The van der Waals surface area contributed by atoms with Gasteiger partial charge in [0.2, 0.25) is 11.8 Å². The van der Waals surface area contributed by atoms with Crippen LogP contribution in [0.5, 0.6) is 0 Å². The lowest BCUT2D eigenvalue weighted by Gasteiger charge is -2.37. The van der Waals surface area contributed by atoms with Gasteiger partial charge in [0.05, 0.1) is 11.6 Å². The van der Waals surface area contributed by atoms with E-state index in [0.717, 1.165) is 29.8 Å². The highest BCUT2D eigenvalue weighted by molar-refractivity contribution is 5.98. The minimum Gasteiger partial charge on any atom is -0.457 e. The minimum absolute atomic E-state index is 0.120. The van der Waals surface area contributed by atoms with E-state index in [1.165, 1.54) is 6.08 Å². The Labute approximate surface area is 223 Å². The summed E-state index contributed by atoms with van der Waals surface area (Å²) in [6.45, 7) is 6.67. The van der Waals surface area contributed by atoms with E-state index in [2.05, 4.69) is 11.4 Å². The molecule has 0 bridgehead atoms. The predicted octanol–water partition coefficient (Wildman–Crippen LogP) is 4.95. The molecule has 2 aromatic carbocycles. The topological polar surface area (TPSA) is 103 Å². The molecule has 0 aliphatic carbocycles. The van der Waals surface area contributed by atoms with Gasteiger partial charge >= 0.3 is 5.97 Å². The number of nitrogens with one attached hydrogen (secondary N) is 1. The molecule has 2 fully saturated rings. The van der Waals surface area contributed by atoms with Gasteiger partial charge in [0.15, 0.2) is 0 Å². The van der Waals surface area contributed by atoms with Crippen LogP contribution in [0.4, 0.5) is 17.1 Å². The van der Waals surface area contributed by atoms with Crippen molar-refractivity contribution in [3.63, 3.8) is 0 Å². The first-order chi connectivity index (χ1) is 18.1. The van der Waals surface area contributed by atoms with Gasteiger partial charge in [0.1, 0.15) is 11.6 Å². The van der Waals surface area contributed by atoms with Gasteiger partial charge in [0.25, 0.3) is 0 Å². The van der Waals surface area contributed by atoms with Crippen LogP contribution in [0.25, 0.3) is 0 Å². The Hall–Kier alpha value is -4.12. The molecular formula is C30H34N4O4. The molecule has 8 nitrogen and oxygen atoms in total. The number of hydrogen-bond donors (Lipinski definition) is 1. The molecular weight excluding hydrogens is 480 g/mol. The average Bonchev–Trinajstić information content (AvgIpc) is 2.88. The maximum Gasteiger partial charge on any atom is 0.331 e. The Morgan fingerprint density at radius 3 is 2.50 bits per heavy atom. The highest BCUT2D eigenvalue weighted by Gasteiger charge is 2.32. The van der Waals surface area contributed by atoms with Crippen molar-refractivity contribution in [2.45, 2.75) is 64.5 Å². The van der Waals surface area contributed by atoms with Crippen LogP contribution < -0.4 is 15.1 Å². The smallest absolute Gasteiger partial charge is 0.331 e. The molecule has 0 saturated carbocycles. The summed E-state index contributed by atoms with van der Waals surface area (Å²) in [7, 11) is 0. The number of benzene rings is 2. The predicted molar refractivity (Wildman–Crippen MR) is 147 cm³/mol. The molecule has 2 saturated heterocycles. The lowest BCUT2D eigenvalue weighted by Crippen LogP contribution is -2.48. The summed E-state index contributed by atoms with van der Waals surface area (Å²) in [6, 6.07) is 16.0. The molecule has 2 aliphatic rings. The van der Waals surface area contributed by atoms with Crippen LogP contribution in [-0.2, 0) is 19.1 Å². The quantitative estimate of drug-likeness (QED) is 0.447. The summed E-state index contributed by atoms with van der Waals surface area (Å²) in [5, 5.41) is 12.4. The van der Waals surface area contributed by atoms with Gasteiger partial charge in [-0.2, -0.15) is 5.26 Å². The zero-order valence-electron chi connectivity index (χ0n) is 22.2. The van der Waals surface area contributed by atoms with Gasteiger partial charge < -0.3 is 19.9 Å². The van der Waals surface area contributed by atoms with Crippen molar-refractivity contribution < 1.29 is 19.1 Å². The first kappa shape index (κ1) is 26.9. The van der Waals surface area contributed by atoms with E-state index in [1.807, 2.05) is 43.9 Å². The first-order valence-corrected chi connectivity index (χ1v) is 13.0. The summed E-state index contributed by atoms with van der Waals surface area (Å²) in [4.78, 5) is 42.0. The van der Waals surface area contributed by atoms with Crippen molar-refractivity contribution in [3.8, 4) is 6.07 Å². The Bertz CT molecular complexity index is 1270. The Morgan fingerprint density at radius 2 is 1.82 bits per heavy atom. The van der Waals surface area contributed by atoms with Crippen molar-refractivity contribution in [1.29, 1.82) is 5.26 Å². The van der Waals surface area contributed by atoms with Crippen molar-refractivity contribution in [2.24, 2.45) is 0 Å². The van der Waals surface area contributed by atoms with Gasteiger partial charge in [-0.3, -0.25) is 9.59 Å². The number of carbonyl (C=O) groups excluding carboxylic acids is 3. The third-order valence-electron chi connectivity index (χ3n) is 6.61. The Balaban J connectivity index is 1.54. The fourth-order valence-corrected chi connectivity index (χ4v) is 4.84. The molecule has 0 aromatic heterocycles. The summed E-state index contributed by atoms with van der Waals surface area (Å²) < 4.78 is 5.45. The monoisotopic (exact) mass is 514 g/mol. The van der Waals surface area contributed by atoms with Gasteiger partial charge in [-0.1, -0.05) is 11.6 Å².